The number of rotatable bonds is 4. The minimum atomic E-state index is -0.118. The molecule has 0 bridgehead atoms. The average Bonchev–Trinajstić information content (AvgIpc) is 3.00. The number of carbonyl (C=O) groups excluding carboxylic acids is 1. The second-order valence-corrected chi connectivity index (χ2v) is 5.23. The molecule has 4 heteroatoms. The van der Waals surface area contributed by atoms with E-state index in [0.29, 0.717) is 6.54 Å². The molecule has 2 aromatic carbocycles. The van der Waals surface area contributed by atoms with Crippen molar-refractivity contribution < 1.29 is 4.79 Å². The minimum absolute atomic E-state index is 0.0927. The first kappa shape index (κ1) is 14.4. The van der Waals surface area contributed by atoms with Crippen LogP contribution in [0.25, 0.3) is 10.8 Å². The van der Waals surface area contributed by atoms with E-state index in [-0.39, 0.29) is 12.1 Å². The number of fused-ring (bicyclic) bond motifs is 1. The molecule has 1 aromatic heterocycles. The third-order valence-corrected chi connectivity index (χ3v) is 3.79. The van der Waals surface area contributed by atoms with E-state index in [1.165, 1.54) is 0 Å². The monoisotopic (exact) mass is 293 g/mol. The maximum absolute atomic E-state index is 12.3. The van der Waals surface area contributed by atoms with Crippen LogP contribution in [0.3, 0.4) is 0 Å². The average molecular weight is 293 g/mol. The van der Waals surface area contributed by atoms with Crippen LogP contribution in [0.4, 0.5) is 4.79 Å². The molecule has 1 amide bonds. The summed E-state index contributed by atoms with van der Waals surface area (Å²) in [4.78, 5) is 12.3. The van der Waals surface area contributed by atoms with Crippen molar-refractivity contribution in [1.82, 2.24) is 15.2 Å². The van der Waals surface area contributed by atoms with E-state index >= 15 is 0 Å². The number of aromatic nitrogens is 1. The number of nitrogens with one attached hydrogen (secondary N) is 2. The summed E-state index contributed by atoms with van der Waals surface area (Å²) in [5.41, 5.74) is 1.16. The summed E-state index contributed by atoms with van der Waals surface area (Å²) in [7, 11) is 1.90. The summed E-state index contributed by atoms with van der Waals surface area (Å²) in [6.07, 6.45) is 3.70. The van der Waals surface area contributed by atoms with Crippen molar-refractivity contribution in [2.45, 2.75) is 6.04 Å². The Morgan fingerprint density at radius 1 is 1.00 bits per heavy atom. The molecule has 0 saturated carbocycles. The van der Waals surface area contributed by atoms with Crippen LogP contribution in [0.2, 0.25) is 0 Å². The molecule has 0 spiro atoms. The first-order chi connectivity index (χ1) is 10.8. The Bertz CT molecular complexity index is 731. The first-order valence-electron chi connectivity index (χ1n) is 7.35. The van der Waals surface area contributed by atoms with Crippen LogP contribution in [0, 0.1) is 0 Å². The molecule has 0 aliphatic rings. The van der Waals surface area contributed by atoms with E-state index in [1.54, 1.807) is 4.57 Å². The van der Waals surface area contributed by atoms with Crippen molar-refractivity contribution in [3.63, 3.8) is 0 Å². The van der Waals surface area contributed by atoms with Crippen molar-refractivity contribution in [1.29, 1.82) is 0 Å². The summed E-state index contributed by atoms with van der Waals surface area (Å²) in [5, 5.41) is 8.32. The van der Waals surface area contributed by atoms with Crippen molar-refractivity contribution in [2.24, 2.45) is 0 Å². The van der Waals surface area contributed by atoms with Gasteiger partial charge >= 0.3 is 6.03 Å². The number of benzene rings is 2. The SMILES string of the molecule is CNC(CNC(=O)n1cc2ccccc2c1)c1ccccc1. The highest BCUT2D eigenvalue weighted by Gasteiger charge is 2.11. The highest BCUT2D eigenvalue weighted by Crippen LogP contribution is 2.14. The molecule has 4 nitrogen and oxygen atoms in total. The van der Waals surface area contributed by atoms with Crippen LogP contribution in [0.15, 0.2) is 67.0 Å². The van der Waals surface area contributed by atoms with Gasteiger partial charge in [0.1, 0.15) is 0 Å². The summed E-state index contributed by atoms with van der Waals surface area (Å²) in [5.74, 6) is 0. The zero-order valence-electron chi connectivity index (χ0n) is 12.5. The Morgan fingerprint density at radius 2 is 1.59 bits per heavy atom. The van der Waals surface area contributed by atoms with E-state index in [9.17, 15) is 4.79 Å². The molecule has 3 rings (SSSR count). The molecular formula is C18H19N3O. The zero-order valence-corrected chi connectivity index (χ0v) is 12.5. The smallest absolute Gasteiger partial charge is 0.325 e. The molecule has 0 fully saturated rings. The van der Waals surface area contributed by atoms with Gasteiger partial charge in [0.05, 0.1) is 0 Å². The Balaban J connectivity index is 1.68. The lowest BCUT2D eigenvalue weighted by molar-refractivity contribution is 0.241. The fourth-order valence-electron chi connectivity index (χ4n) is 2.55. The fraction of sp³-hybridized carbons (Fsp3) is 0.167. The van der Waals surface area contributed by atoms with Crippen LogP contribution in [-0.2, 0) is 0 Å². The molecule has 3 aromatic rings. The predicted molar refractivity (Wildman–Crippen MR) is 89.0 cm³/mol. The van der Waals surface area contributed by atoms with Crippen LogP contribution < -0.4 is 10.6 Å². The molecule has 0 aliphatic heterocycles. The van der Waals surface area contributed by atoms with Gasteiger partial charge in [-0.1, -0.05) is 54.6 Å². The number of nitrogens with zero attached hydrogens (tertiary/aromatic N) is 1. The molecule has 0 saturated heterocycles. The number of hydrogen-bond acceptors (Lipinski definition) is 2. The van der Waals surface area contributed by atoms with Gasteiger partial charge in [-0.05, 0) is 23.4 Å². The number of likely N-dealkylation sites (N-methyl/N-ethyl adjacent to an activating group) is 1. The van der Waals surface area contributed by atoms with E-state index in [4.69, 9.17) is 0 Å². The largest absolute Gasteiger partial charge is 0.335 e. The van der Waals surface area contributed by atoms with Crippen LogP contribution in [-0.4, -0.2) is 24.2 Å². The summed E-state index contributed by atoms with van der Waals surface area (Å²) >= 11 is 0. The lowest BCUT2D eigenvalue weighted by Gasteiger charge is -2.17. The molecule has 1 unspecified atom stereocenters. The quantitative estimate of drug-likeness (QED) is 0.776. The Labute approximate surface area is 129 Å². The fourth-order valence-corrected chi connectivity index (χ4v) is 2.55. The third-order valence-electron chi connectivity index (χ3n) is 3.79. The van der Waals surface area contributed by atoms with Gasteiger partial charge < -0.3 is 10.6 Å². The first-order valence-corrected chi connectivity index (χ1v) is 7.35. The molecule has 1 heterocycles. The molecule has 112 valence electrons. The number of amides is 1. The van der Waals surface area contributed by atoms with Crippen molar-refractivity contribution in [2.75, 3.05) is 13.6 Å². The van der Waals surface area contributed by atoms with Crippen LogP contribution in [0.1, 0.15) is 11.6 Å². The zero-order chi connectivity index (χ0) is 15.4. The highest BCUT2D eigenvalue weighted by molar-refractivity contribution is 5.88. The third kappa shape index (κ3) is 3.02. The molecule has 0 radical (unpaired) electrons. The van der Waals surface area contributed by atoms with E-state index in [0.717, 1.165) is 16.3 Å². The van der Waals surface area contributed by atoms with E-state index < -0.39 is 0 Å². The lowest BCUT2D eigenvalue weighted by Crippen LogP contribution is -2.35. The number of hydrogen-bond donors (Lipinski definition) is 2. The summed E-state index contributed by atoms with van der Waals surface area (Å²) in [6, 6.07) is 18.0. The minimum Gasteiger partial charge on any atom is -0.335 e. The molecule has 22 heavy (non-hydrogen) atoms. The normalized spacial score (nSPS) is 12.2. The second kappa shape index (κ2) is 6.45. The highest BCUT2D eigenvalue weighted by atomic mass is 16.2. The Morgan fingerprint density at radius 3 is 2.18 bits per heavy atom. The van der Waals surface area contributed by atoms with E-state index in [1.807, 2.05) is 61.9 Å². The van der Waals surface area contributed by atoms with Crippen molar-refractivity contribution in [3.8, 4) is 0 Å². The van der Waals surface area contributed by atoms with Gasteiger partial charge in [-0.15, -0.1) is 0 Å². The lowest BCUT2D eigenvalue weighted by atomic mass is 10.1. The Kier molecular flexibility index (Phi) is 4.21. The maximum atomic E-state index is 12.3. The van der Waals surface area contributed by atoms with Gasteiger partial charge in [0.25, 0.3) is 0 Å². The topological polar surface area (TPSA) is 46.1 Å². The van der Waals surface area contributed by atoms with E-state index in [2.05, 4.69) is 22.8 Å². The van der Waals surface area contributed by atoms with Gasteiger partial charge in [0, 0.05) is 25.0 Å². The van der Waals surface area contributed by atoms with Crippen LogP contribution >= 0.6 is 0 Å². The molecule has 2 N–H and O–H groups in total. The number of carbonyl (C=O) groups is 1. The Hall–Kier alpha value is -2.59. The van der Waals surface area contributed by atoms with Gasteiger partial charge in [-0.3, -0.25) is 4.57 Å². The van der Waals surface area contributed by atoms with Crippen LogP contribution in [0.5, 0.6) is 0 Å². The molecular weight excluding hydrogens is 274 g/mol. The van der Waals surface area contributed by atoms with Gasteiger partial charge in [-0.25, -0.2) is 4.79 Å². The summed E-state index contributed by atoms with van der Waals surface area (Å²) < 4.78 is 1.60. The van der Waals surface area contributed by atoms with Gasteiger partial charge in [-0.2, -0.15) is 0 Å². The van der Waals surface area contributed by atoms with Gasteiger partial charge in [0.15, 0.2) is 0 Å². The summed E-state index contributed by atoms with van der Waals surface area (Å²) in [6.45, 7) is 0.536. The predicted octanol–water partition coefficient (Wildman–Crippen LogP) is 3.16. The van der Waals surface area contributed by atoms with Crippen molar-refractivity contribution >= 4 is 16.8 Å². The second-order valence-electron chi connectivity index (χ2n) is 5.23. The van der Waals surface area contributed by atoms with Gasteiger partial charge in [0.2, 0.25) is 0 Å². The maximum Gasteiger partial charge on any atom is 0.325 e. The molecule has 0 aliphatic carbocycles. The molecule has 1 atom stereocenters. The van der Waals surface area contributed by atoms with Crippen molar-refractivity contribution in [3.05, 3.63) is 72.6 Å². The standard InChI is InChI=1S/C18H19N3O/c1-19-17(14-7-3-2-4-8-14)11-20-18(22)21-12-15-9-5-6-10-16(15)13-21/h2-10,12-13,17,19H,11H2,1H3,(H,20,22).